The number of nitrogens with one attached hydrogen (secondary N) is 1. The summed E-state index contributed by atoms with van der Waals surface area (Å²) in [6, 6.07) is 0. The first-order valence-electron chi connectivity index (χ1n) is 9.25. The van der Waals surface area contributed by atoms with Crippen LogP contribution in [-0.2, 0) is 4.79 Å². The molecule has 4 aliphatic rings. The van der Waals surface area contributed by atoms with Gasteiger partial charge in [0.05, 0.1) is 11.8 Å². The van der Waals surface area contributed by atoms with Crippen molar-refractivity contribution in [1.29, 1.82) is 0 Å². The van der Waals surface area contributed by atoms with E-state index < -0.39 is 29.7 Å². The zero-order chi connectivity index (χ0) is 18.5. The molecule has 1 aromatic heterocycles. The van der Waals surface area contributed by atoms with Gasteiger partial charge in [-0.1, -0.05) is 0 Å². The molecule has 0 unspecified atom stereocenters. The maximum absolute atomic E-state index is 13.6. The van der Waals surface area contributed by atoms with E-state index >= 15 is 0 Å². The maximum Gasteiger partial charge on any atom is 0.434 e. The van der Waals surface area contributed by atoms with Crippen LogP contribution < -0.4 is 5.76 Å². The van der Waals surface area contributed by atoms with Crippen LogP contribution in [0.2, 0.25) is 0 Å². The molecule has 3 saturated carbocycles. The van der Waals surface area contributed by atoms with Crippen LogP contribution >= 0.6 is 0 Å². The van der Waals surface area contributed by atoms with Crippen LogP contribution in [0.4, 0.5) is 13.2 Å². The van der Waals surface area contributed by atoms with Crippen LogP contribution in [0.15, 0.2) is 9.21 Å². The summed E-state index contributed by atoms with van der Waals surface area (Å²) in [6.45, 7) is 0.747. The third kappa shape index (κ3) is 3.05. The Kier molecular flexibility index (Phi) is 4.35. The molecule has 2 heterocycles. The zero-order valence-corrected chi connectivity index (χ0v) is 14.3. The summed E-state index contributed by atoms with van der Waals surface area (Å²) in [5, 5.41) is 6.03. The minimum absolute atomic E-state index is 0.0841. The number of alkyl halides is 3. The number of H-pyrrole nitrogens is 1. The summed E-state index contributed by atoms with van der Waals surface area (Å²) < 4.78 is 45.9. The van der Waals surface area contributed by atoms with Crippen molar-refractivity contribution in [2.24, 2.45) is 23.7 Å². The number of rotatable bonds is 2. The van der Waals surface area contributed by atoms with E-state index in [2.05, 4.69) is 10.2 Å². The molecular weight excluding hydrogens is 351 g/mol. The van der Waals surface area contributed by atoms with E-state index in [0.717, 1.165) is 12.8 Å². The maximum atomic E-state index is 13.6. The molecule has 1 aromatic rings. The summed E-state index contributed by atoms with van der Waals surface area (Å²) in [5.74, 6) is -3.72. The topological polar surface area (TPSA) is 79.2 Å². The van der Waals surface area contributed by atoms with E-state index in [1.807, 2.05) is 0 Å². The molecule has 26 heavy (non-hydrogen) atoms. The number of carbonyl (C=O) groups is 1. The Morgan fingerprint density at radius 2 is 1.69 bits per heavy atom. The van der Waals surface area contributed by atoms with Gasteiger partial charge in [0.1, 0.15) is 0 Å². The Balaban J connectivity index is 1.46. The zero-order valence-electron chi connectivity index (χ0n) is 14.3. The fourth-order valence-electron chi connectivity index (χ4n) is 5.25. The molecule has 9 heteroatoms. The molecule has 3 aliphatic carbocycles. The normalized spacial score (nSPS) is 32.8. The molecule has 144 valence electrons. The fraction of sp³-hybridized carbons (Fsp3) is 0.824. The van der Waals surface area contributed by atoms with Crippen LogP contribution in [0.3, 0.4) is 0 Å². The fourth-order valence-corrected chi connectivity index (χ4v) is 5.25. The lowest BCUT2D eigenvalue weighted by atomic mass is 9.58. The van der Waals surface area contributed by atoms with Crippen molar-refractivity contribution in [1.82, 2.24) is 15.1 Å². The van der Waals surface area contributed by atoms with Crippen molar-refractivity contribution >= 4 is 5.91 Å². The second kappa shape index (κ2) is 6.42. The van der Waals surface area contributed by atoms with Crippen LogP contribution in [0, 0.1) is 23.7 Å². The Labute approximate surface area is 148 Å². The van der Waals surface area contributed by atoms with Gasteiger partial charge in [-0.2, -0.15) is 13.2 Å². The van der Waals surface area contributed by atoms with Gasteiger partial charge in [-0.25, -0.2) is 9.89 Å². The van der Waals surface area contributed by atoms with Crippen molar-refractivity contribution in [2.75, 3.05) is 13.1 Å². The number of piperidine rings is 1. The molecule has 2 bridgehead atoms. The summed E-state index contributed by atoms with van der Waals surface area (Å²) in [6.07, 6.45) is -0.627. The Bertz CT molecular complexity index is 713. The first-order valence-corrected chi connectivity index (χ1v) is 9.25. The number of fused-ring (bicyclic) bond motifs is 3. The molecule has 4 fully saturated rings. The van der Waals surface area contributed by atoms with E-state index in [9.17, 15) is 22.8 Å². The molecule has 2 atom stereocenters. The summed E-state index contributed by atoms with van der Waals surface area (Å²) in [7, 11) is 0. The lowest BCUT2D eigenvalue weighted by Crippen LogP contribution is -2.54. The molecule has 1 saturated heterocycles. The third-order valence-electron chi connectivity index (χ3n) is 6.49. The van der Waals surface area contributed by atoms with Crippen molar-refractivity contribution in [3.8, 4) is 0 Å². The summed E-state index contributed by atoms with van der Waals surface area (Å²) in [5.41, 5.74) is 0. The minimum atomic E-state index is -4.32. The van der Waals surface area contributed by atoms with Gasteiger partial charge < -0.3 is 9.32 Å². The Morgan fingerprint density at radius 3 is 2.23 bits per heavy atom. The standard InChI is InChI=1S/C17H22F3N3O3/c18-17(19,20)13-10-3-1-9(2-4-10)12(13)15(24)23-7-5-11(6-8-23)14-21-22-16(25)26-14/h9-13H,1-8H2,(H,22,25)/t9?,10?,12-,13-/m0/s1. The predicted molar refractivity (Wildman–Crippen MR) is 84.2 cm³/mol. The lowest BCUT2D eigenvalue weighted by molar-refractivity contribution is -0.231. The Hall–Kier alpha value is -1.80. The van der Waals surface area contributed by atoms with Gasteiger partial charge >= 0.3 is 11.9 Å². The lowest BCUT2D eigenvalue weighted by Gasteiger charge is -2.49. The third-order valence-corrected chi connectivity index (χ3v) is 6.49. The molecule has 0 aromatic carbocycles. The molecule has 1 amide bonds. The number of nitrogens with zero attached hydrogens (tertiary/aromatic N) is 2. The number of carbonyl (C=O) groups excluding carboxylic acids is 1. The molecule has 1 N–H and O–H groups in total. The van der Waals surface area contributed by atoms with Crippen molar-refractivity contribution in [3.05, 3.63) is 16.4 Å². The van der Waals surface area contributed by atoms with Crippen LogP contribution in [0.5, 0.6) is 0 Å². The van der Waals surface area contributed by atoms with Crippen LogP contribution in [-0.4, -0.2) is 40.3 Å². The summed E-state index contributed by atoms with van der Waals surface area (Å²) >= 11 is 0. The highest BCUT2D eigenvalue weighted by Crippen LogP contribution is 2.55. The molecular formula is C17H22F3N3O3. The number of amides is 1. The van der Waals surface area contributed by atoms with E-state index in [1.54, 1.807) is 4.90 Å². The predicted octanol–water partition coefficient (Wildman–Crippen LogP) is 2.68. The van der Waals surface area contributed by atoms with Crippen molar-refractivity contribution in [3.63, 3.8) is 0 Å². The molecule has 0 spiro atoms. The van der Waals surface area contributed by atoms with E-state index in [0.29, 0.717) is 44.7 Å². The van der Waals surface area contributed by atoms with Gasteiger partial charge in [0.15, 0.2) is 0 Å². The van der Waals surface area contributed by atoms with E-state index in [-0.39, 0.29) is 17.7 Å². The highest BCUT2D eigenvalue weighted by Gasteiger charge is 2.58. The van der Waals surface area contributed by atoms with Gasteiger partial charge in [-0.05, 0) is 50.4 Å². The first-order chi connectivity index (χ1) is 12.3. The second-order valence-corrected chi connectivity index (χ2v) is 7.82. The quantitative estimate of drug-likeness (QED) is 0.864. The van der Waals surface area contributed by atoms with Crippen LogP contribution in [0.25, 0.3) is 0 Å². The number of aromatic amines is 1. The van der Waals surface area contributed by atoms with Crippen molar-refractivity contribution in [2.45, 2.75) is 50.6 Å². The van der Waals surface area contributed by atoms with Gasteiger partial charge in [-0.15, -0.1) is 5.10 Å². The highest BCUT2D eigenvalue weighted by atomic mass is 19.4. The largest absolute Gasteiger partial charge is 0.434 e. The van der Waals surface area contributed by atoms with Gasteiger partial charge in [0.2, 0.25) is 11.8 Å². The number of hydrogen-bond donors (Lipinski definition) is 1. The average Bonchev–Trinajstić information content (AvgIpc) is 3.07. The average molecular weight is 373 g/mol. The van der Waals surface area contributed by atoms with E-state index in [4.69, 9.17) is 4.42 Å². The smallest absolute Gasteiger partial charge is 0.392 e. The number of aromatic nitrogens is 2. The minimum Gasteiger partial charge on any atom is -0.392 e. The van der Waals surface area contributed by atoms with Crippen LogP contribution in [0.1, 0.15) is 50.3 Å². The number of halogens is 3. The summed E-state index contributed by atoms with van der Waals surface area (Å²) in [4.78, 5) is 25.6. The van der Waals surface area contributed by atoms with Gasteiger partial charge in [0, 0.05) is 19.0 Å². The van der Waals surface area contributed by atoms with E-state index in [1.165, 1.54) is 0 Å². The first kappa shape index (κ1) is 17.6. The highest BCUT2D eigenvalue weighted by molar-refractivity contribution is 5.80. The monoisotopic (exact) mass is 373 g/mol. The number of hydrogen-bond acceptors (Lipinski definition) is 4. The van der Waals surface area contributed by atoms with Gasteiger partial charge in [0.25, 0.3) is 0 Å². The number of likely N-dealkylation sites (tertiary alicyclic amines) is 1. The Morgan fingerprint density at radius 1 is 1.08 bits per heavy atom. The SMILES string of the molecule is O=C([C@H]1C2CCC(CC2)[C@@H]1C(F)(F)F)N1CCC(c2n[nH]c(=O)o2)CC1. The molecule has 0 radical (unpaired) electrons. The van der Waals surface area contributed by atoms with Gasteiger partial charge in [-0.3, -0.25) is 4.79 Å². The second-order valence-electron chi connectivity index (χ2n) is 7.82. The molecule has 6 nitrogen and oxygen atoms in total. The molecule has 1 aliphatic heterocycles. The molecule has 5 rings (SSSR count). The van der Waals surface area contributed by atoms with Crippen molar-refractivity contribution < 1.29 is 22.4 Å².